The molecule has 0 spiro atoms. The maximum absolute atomic E-state index is 11.1. The summed E-state index contributed by atoms with van der Waals surface area (Å²) in [5.41, 5.74) is 0.198. The molecule has 106 valence electrons. The summed E-state index contributed by atoms with van der Waals surface area (Å²) in [7, 11) is 0. The van der Waals surface area contributed by atoms with Crippen LogP contribution in [0.25, 0.3) is 0 Å². The van der Waals surface area contributed by atoms with Crippen molar-refractivity contribution in [2.75, 3.05) is 0 Å². The van der Waals surface area contributed by atoms with E-state index in [0.717, 1.165) is 25.2 Å². The highest BCUT2D eigenvalue weighted by Gasteiger charge is 2.47. The third kappa shape index (κ3) is 3.73. The molecule has 18 heavy (non-hydrogen) atoms. The summed E-state index contributed by atoms with van der Waals surface area (Å²) < 4.78 is 0. The monoisotopic (exact) mass is 252 g/mol. The lowest BCUT2D eigenvalue weighted by molar-refractivity contribution is -0.101. The van der Waals surface area contributed by atoms with Crippen molar-refractivity contribution in [3.8, 4) is 0 Å². The predicted octanol–water partition coefficient (Wildman–Crippen LogP) is 4.92. The minimum atomic E-state index is -0.396. The molecular weight excluding hydrogens is 220 g/mol. The number of rotatable bonds is 2. The summed E-state index contributed by atoms with van der Waals surface area (Å²) in [6.07, 6.45) is 11.2. The van der Waals surface area contributed by atoms with E-state index in [1.54, 1.807) is 0 Å². The fraction of sp³-hybridized carbons (Fsp3) is 1.00. The van der Waals surface area contributed by atoms with Crippen LogP contribution >= 0.6 is 0 Å². The molecule has 1 heteroatoms. The smallest absolute Gasteiger partial charge is 0.0660 e. The lowest BCUT2D eigenvalue weighted by atomic mass is 9.58. The Morgan fingerprint density at radius 3 is 1.83 bits per heavy atom. The Balaban J connectivity index is 2.04. The van der Waals surface area contributed by atoms with Gasteiger partial charge in [0.25, 0.3) is 0 Å². The van der Waals surface area contributed by atoms with Gasteiger partial charge >= 0.3 is 0 Å². The molecule has 0 heterocycles. The summed E-state index contributed by atoms with van der Waals surface area (Å²) in [5, 5.41) is 11.1. The SMILES string of the molecule is CC1(C)CC(C)(C)CC(O)(CC2CCCCC2)C1. The minimum Gasteiger partial charge on any atom is -0.390 e. The Morgan fingerprint density at radius 2 is 1.33 bits per heavy atom. The first-order valence-corrected chi connectivity index (χ1v) is 7.92. The maximum atomic E-state index is 11.1. The van der Waals surface area contributed by atoms with Crippen LogP contribution in [0.1, 0.15) is 85.5 Å². The Hall–Kier alpha value is -0.0400. The summed E-state index contributed by atoms with van der Waals surface area (Å²) in [4.78, 5) is 0. The summed E-state index contributed by atoms with van der Waals surface area (Å²) in [6.45, 7) is 9.33. The molecule has 1 N–H and O–H groups in total. The van der Waals surface area contributed by atoms with Crippen molar-refractivity contribution in [3.63, 3.8) is 0 Å². The first kappa shape index (κ1) is 14.4. The van der Waals surface area contributed by atoms with Crippen LogP contribution in [0.4, 0.5) is 0 Å². The van der Waals surface area contributed by atoms with Crippen LogP contribution in [-0.4, -0.2) is 10.7 Å². The van der Waals surface area contributed by atoms with Crippen LogP contribution in [0.5, 0.6) is 0 Å². The second-order valence-electron chi connectivity index (χ2n) is 8.79. The molecule has 2 aliphatic carbocycles. The molecule has 0 radical (unpaired) electrons. The number of hydrogen-bond donors (Lipinski definition) is 1. The zero-order valence-electron chi connectivity index (χ0n) is 12.9. The summed E-state index contributed by atoms with van der Waals surface area (Å²) >= 11 is 0. The van der Waals surface area contributed by atoms with E-state index in [1.165, 1.54) is 38.5 Å². The highest BCUT2D eigenvalue weighted by molar-refractivity contribution is 4.98. The molecule has 0 aliphatic heterocycles. The third-order valence-electron chi connectivity index (χ3n) is 4.97. The first-order valence-electron chi connectivity index (χ1n) is 7.92. The van der Waals surface area contributed by atoms with E-state index < -0.39 is 5.60 Å². The molecule has 2 aliphatic rings. The van der Waals surface area contributed by atoms with Gasteiger partial charge in [-0.05, 0) is 42.4 Å². The molecule has 0 aromatic carbocycles. The van der Waals surface area contributed by atoms with Crippen molar-refractivity contribution in [2.45, 2.75) is 91.1 Å². The highest BCUT2D eigenvalue weighted by atomic mass is 16.3. The number of hydrogen-bond acceptors (Lipinski definition) is 1. The molecule has 0 atom stereocenters. The predicted molar refractivity (Wildman–Crippen MR) is 77.6 cm³/mol. The summed E-state index contributed by atoms with van der Waals surface area (Å²) in [5.74, 6) is 0.786. The molecule has 0 saturated heterocycles. The van der Waals surface area contributed by atoms with Gasteiger partial charge in [-0.2, -0.15) is 0 Å². The van der Waals surface area contributed by atoms with E-state index in [0.29, 0.717) is 10.8 Å². The fourth-order valence-electron chi connectivity index (χ4n) is 5.34. The lowest BCUT2D eigenvalue weighted by Gasteiger charge is -2.50. The fourth-order valence-corrected chi connectivity index (χ4v) is 5.34. The van der Waals surface area contributed by atoms with Crippen LogP contribution in [-0.2, 0) is 0 Å². The number of aliphatic hydroxyl groups is 1. The zero-order valence-corrected chi connectivity index (χ0v) is 12.9. The third-order valence-corrected chi connectivity index (χ3v) is 4.97. The van der Waals surface area contributed by atoms with Crippen molar-refractivity contribution in [2.24, 2.45) is 16.7 Å². The van der Waals surface area contributed by atoms with Crippen LogP contribution in [0.3, 0.4) is 0 Å². The van der Waals surface area contributed by atoms with Crippen LogP contribution in [0.2, 0.25) is 0 Å². The van der Waals surface area contributed by atoms with E-state index in [1.807, 2.05) is 0 Å². The van der Waals surface area contributed by atoms with E-state index in [2.05, 4.69) is 27.7 Å². The molecule has 0 amide bonds. The van der Waals surface area contributed by atoms with Gasteiger partial charge in [-0.1, -0.05) is 59.8 Å². The van der Waals surface area contributed by atoms with Gasteiger partial charge < -0.3 is 5.11 Å². The van der Waals surface area contributed by atoms with Gasteiger partial charge in [0.1, 0.15) is 0 Å². The topological polar surface area (TPSA) is 20.2 Å². The van der Waals surface area contributed by atoms with Gasteiger partial charge in [0.15, 0.2) is 0 Å². The molecule has 2 rings (SSSR count). The maximum Gasteiger partial charge on any atom is 0.0660 e. The molecule has 1 nitrogen and oxygen atoms in total. The van der Waals surface area contributed by atoms with Crippen LogP contribution < -0.4 is 0 Å². The van der Waals surface area contributed by atoms with E-state index in [-0.39, 0.29) is 0 Å². The molecular formula is C17H32O. The average molecular weight is 252 g/mol. The Bertz CT molecular complexity index is 268. The van der Waals surface area contributed by atoms with Crippen molar-refractivity contribution in [1.29, 1.82) is 0 Å². The average Bonchev–Trinajstić information content (AvgIpc) is 2.11. The quantitative estimate of drug-likeness (QED) is 0.739. The Morgan fingerprint density at radius 1 is 0.833 bits per heavy atom. The Labute approximate surface area is 113 Å². The van der Waals surface area contributed by atoms with Gasteiger partial charge in [0, 0.05) is 0 Å². The van der Waals surface area contributed by atoms with E-state index in [4.69, 9.17) is 0 Å². The van der Waals surface area contributed by atoms with E-state index >= 15 is 0 Å². The molecule has 2 saturated carbocycles. The normalized spacial score (nSPS) is 31.2. The zero-order chi connectivity index (χ0) is 13.4. The molecule has 0 bridgehead atoms. The minimum absolute atomic E-state index is 0.297. The highest BCUT2D eigenvalue weighted by Crippen LogP contribution is 2.52. The van der Waals surface area contributed by atoms with E-state index in [9.17, 15) is 5.11 Å². The second kappa shape index (κ2) is 4.81. The Kier molecular flexibility index (Phi) is 3.84. The van der Waals surface area contributed by atoms with Gasteiger partial charge in [0.2, 0.25) is 0 Å². The largest absolute Gasteiger partial charge is 0.390 e. The van der Waals surface area contributed by atoms with Gasteiger partial charge in [-0.15, -0.1) is 0 Å². The molecule has 0 aromatic rings. The molecule has 2 fully saturated rings. The lowest BCUT2D eigenvalue weighted by Crippen LogP contribution is -2.47. The van der Waals surface area contributed by atoms with Gasteiger partial charge in [-0.3, -0.25) is 0 Å². The summed E-state index contributed by atoms with van der Waals surface area (Å²) in [6, 6.07) is 0. The van der Waals surface area contributed by atoms with Crippen LogP contribution in [0, 0.1) is 16.7 Å². The van der Waals surface area contributed by atoms with Gasteiger partial charge in [-0.25, -0.2) is 0 Å². The van der Waals surface area contributed by atoms with Crippen molar-refractivity contribution >= 4 is 0 Å². The second-order valence-corrected chi connectivity index (χ2v) is 8.79. The first-order chi connectivity index (χ1) is 8.20. The molecule has 0 aromatic heterocycles. The molecule has 0 unspecified atom stereocenters. The van der Waals surface area contributed by atoms with Crippen molar-refractivity contribution < 1.29 is 5.11 Å². The van der Waals surface area contributed by atoms with Gasteiger partial charge in [0.05, 0.1) is 5.60 Å². The standard InChI is InChI=1S/C17H32O/c1-15(2)11-16(3,4)13-17(18,12-15)10-14-8-6-5-7-9-14/h14,18H,5-13H2,1-4H3. The van der Waals surface area contributed by atoms with Crippen molar-refractivity contribution in [3.05, 3.63) is 0 Å². The van der Waals surface area contributed by atoms with Crippen molar-refractivity contribution in [1.82, 2.24) is 0 Å². The van der Waals surface area contributed by atoms with Crippen LogP contribution in [0.15, 0.2) is 0 Å².